The maximum absolute atomic E-state index is 12.4. The summed E-state index contributed by atoms with van der Waals surface area (Å²) < 4.78 is 27.8. The van der Waals surface area contributed by atoms with Gasteiger partial charge in [-0.15, -0.1) is 0 Å². The molecule has 3 aromatic heterocycles. The molecule has 0 aromatic carbocycles. The van der Waals surface area contributed by atoms with E-state index in [9.17, 15) is 8.42 Å². The van der Waals surface area contributed by atoms with Crippen molar-refractivity contribution in [3.63, 3.8) is 0 Å². The van der Waals surface area contributed by atoms with Crippen LogP contribution in [0, 0.1) is 0 Å². The molecule has 0 fully saturated rings. The van der Waals surface area contributed by atoms with Gasteiger partial charge in [-0.05, 0) is 34.1 Å². The Balaban J connectivity index is 2.02. The molecule has 6 nitrogen and oxygen atoms in total. The summed E-state index contributed by atoms with van der Waals surface area (Å²) in [5.41, 5.74) is 0.817. The second-order valence-electron chi connectivity index (χ2n) is 4.15. The SMILES string of the molecule is O=S(=O)(Nc1cnc(Cl)c(Br)c1)c1c[nH]c2ncccc12. The molecule has 0 saturated carbocycles. The topological polar surface area (TPSA) is 87.7 Å². The Morgan fingerprint density at radius 2 is 2.14 bits per heavy atom. The van der Waals surface area contributed by atoms with E-state index >= 15 is 0 Å². The maximum Gasteiger partial charge on any atom is 0.264 e. The molecule has 0 spiro atoms. The number of nitrogens with one attached hydrogen (secondary N) is 2. The van der Waals surface area contributed by atoms with E-state index in [1.807, 2.05) is 0 Å². The predicted molar refractivity (Wildman–Crippen MR) is 83.8 cm³/mol. The Hall–Kier alpha value is -1.64. The maximum atomic E-state index is 12.4. The van der Waals surface area contributed by atoms with Gasteiger partial charge in [0.1, 0.15) is 15.7 Å². The number of H-pyrrole nitrogens is 1. The molecule has 2 N–H and O–H groups in total. The van der Waals surface area contributed by atoms with Crippen molar-refractivity contribution in [3.8, 4) is 0 Å². The zero-order valence-electron chi connectivity index (χ0n) is 10.3. The van der Waals surface area contributed by atoms with Crippen molar-refractivity contribution in [2.45, 2.75) is 4.90 Å². The molecule has 21 heavy (non-hydrogen) atoms. The summed E-state index contributed by atoms with van der Waals surface area (Å²) in [5, 5.41) is 0.778. The second kappa shape index (κ2) is 5.28. The molecular weight excluding hydrogens is 380 g/mol. The number of aromatic amines is 1. The molecule has 0 unspecified atom stereocenters. The van der Waals surface area contributed by atoms with Crippen LogP contribution in [-0.2, 0) is 10.0 Å². The van der Waals surface area contributed by atoms with Gasteiger partial charge in [0, 0.05) is 17.8 Å². The molecule has 3 heterocycles. The highest BCUT2D eigenvalue weighted by Gasteiger charge is 2.19. The van der Waals surface area contributed by atoms with Crippen LogP contribution >= 0.6 is 27.5 Å². The molecule has 0 aliphatic heterocycles. The molecule has 3 rings (SSSR count). The van der Waals surface area contributed by atoms with Crippen molar-refractivity contribution in [2.75, 3.05) is 4.72 Å². The van der Waals surface area contributed by atoms with Crippen LogP contribution in [0.5, 0.6) is 0 Å². The first kappa shape index (κ1) is 14.3. The van der Waals surface area contributed by atoms with E-state index < -0.39 is 10.0 Å². The largest absolute Gasteiger partial charge is 0.345 e. The number of sulfonamides is 1. The highest BCUT2D eigenvalue weighted by molar-refractivity contribution is 9.10. The average Bonchev–Trinajstić information content (AvgIpc) is 2.87. The van der Waals surface area contributed by atoms with Crippen LogP contribution < -0.4 is 4.72 Å². The quantitative estimate of drug-likeness (QED) is 0.676. The van der Waals surface area contributed by atoms with Gasteiger partial charge in [-0.1, -0.05) is 11.6 Å². The number of halogens is 2. The van der Waals surface area contributed by atoms with Crippen LogP contribution in [0.15, 0.2) is 46.2 Å². The molecule has 3 aromatic rings. The van der Waals surface area contributed by atoms with Gasteiger partial charge in [-0.2, -0.15) is 0 Å². The van der Waals surface area contributed by atoms with Gasteiger partial charge in [0.15, 0.2) is 0 Å². The minimum atomic E-state index is -3.75. The predicted octanol–water partition coefficient (Wildman–Crippen LogP) is 3.17. The highest BCUT2D eigenvalue weighted by Crippen LogP contribution is 2.26. The van der Waals surface area contributed by atoms with E-state index in [0.717, 1.165) is 0 Å². The Kier molecular flexibility index (Phi) is 3.60. The van der Waals surface area contributed by atoms with Crippen LogP contribution in [0.1, 0.15) is 0 Å². The van der Waals surface area contributed by atoms with Crippen molar-refractivity contribution >= 4 is 54.3 Å². The zero-order valence-corrected chi connectivity index (χ0v) is 13.5. The van der Waals surface area contributed by atoms with Gasteiger partial charge in [0.2, 0.25) is 0 Å². The fraction of sp³-hybridized carbons (Fsp3) is 0. The monoisotopic (exact) mass is 386 g/mol. The van der Waals surface area contributed by atoms with Crippen molar-refractivity contribution in [3.05, 3.63) is 46.4 Å². The summed E-state index contributed by atoms with van der Waals surface area (Å²) in [6, 6.07) is 4.90. The van der Waals surface area contributed by atoms with Gasteiger partial charge in [0.25, 0.3) is 10.0 Å². The lowest BCUT2D eigenvalue weighted by molar-refractivity contribution is 0.602. The van der Waals surface area contributed by atoms with E-state index in [2.05, 4.69) is 35.6 Å². The summed E-state index contributed by atoms with van der Waals surface area (Å²) in [7, 11) is -3.75. The van der Waals surface area contributed by atoms with E-state index in [4.69, 9.17) is 11.6 Å². The number of aromatic nitrogens is 3. The lowest BCUT2D eigenvalue weighted by atomic mass is 10.3. The molecule has 0 radical (unpaired) electrons. The summed E-state index contributed by atoms with van der Waals surface area (Å²) in [6.07, 6.45) is 4.33. The molecule has 0 aliphatic rings. The van der Waals surface area contributed by atoms with Gasteiger partial charge >= 0.3 is 0 Å². The van der Waals surface area contributed by atoms with Crippen LogP contribution in [0.4, 0.5) is 5.69 Å². The number of nitrogens with zero attached hydrogens (tertiary/aromatic N) is 2. The third kappa shape index (κ3) is 2.74. The van der Waals surface area contributed by atoms with E-state index in [-0.39, 0.29) is 10.0 Å². The molecule has 0 aliphatic carbocycles. The number of pyridine rings is 2. The van der Waals surface area contributed by atoms with Crippen LogP contribution in [0.2, 0.25) is 5.15 Å². The normalized spacial score (nSPS) is 11.7. The Morgan fingerprint density at radius 1 is 1.33 bits per heavy atom. The first-order valence-corrected chi connectivity index (χ1v) is 8.39. The molecule has 108 valence electrons. The number of hydrogen-bond acceptors (Lipinski definition) is 4. The Labute approximate surface area is 133 Å². The molecule has 0 bridgehead atoms. The molecule has 0 amide bonds. The summed E-state index contributed by atoms with van der Waals surface area (Å²) in [5.74, 6) is 0. The minimum absolute atomic E-state index is 0.122. The molecule has 0 atom stereocenters. The van der Waals surface area contributed by atoms with Crippen molar-refractivity contribution in [1.82, 2.24) is 15.0 Å². The summed E-state index contributed by atoms with van der Waals surface area (Å²) >= 11 is 8.98. The average molecular weight is 388 g/mol. The van der Waals surface area contributed by atoms with Crippen LogP contribution in [0.25, 0.3) is 11.0 Å². The molecule has 9 heteroatoms. The third-order valence-electron chi connectivity index (χ3n) is 2.75. The first-order valence-electron chi connectivity index (χ1n) is 5.73. The smallest absolute Gasteiger partial charge is 0.264 e. The van der Waals surface area contributed by atoms with E-state index in [1.165, 1.54) is 12.4 Å². The molecule has 0 saturated heterocycles. The number of anilines is 1. The Bertz CT molecular complexity index is 926. The van der Waals surface area contributed by atoms with Crippen molar-refractivity contribution in [2.24, 2.45) is 0 Å². The fourth-order valence-corrected chi connectivity index (χ4v) is 3.49. The van der Waals surface area contributed by atoms with Gasteiger partial charge in [-0.3, -0.25) is 4.72 Å². The van der Waals surface area contributed by atoms with Crippen molar-refractivity contribution in [1.29, 1.82) is 0 Å². The fourth-order valence-electron chi connectivity index (χ4n) is 1.84. The lowest BCUT2D eigenvalue weighted by Crippen LogP contribution is -2.12. The first-order chi connectivity index (χ1) is 9.97. The number of hydrogen-bond donors (Lipinski definition) is 2. The zero-order chi connectivity index (χ0) is 15.0. The van der Waals surface area contributed by atoms with Crippen LogP contribution in [-0.4, -0.2) is 23.4 Å². The van der Waals surface area contributed by atoms with E-state index in [1.54, 1.807) is 24.4 Å². The highest BCUT2D eigenvalue weighted by atomic mass is 79.9. The number of rotatable bonds is 3. The number of fused-ring (bicyclic) bond motifs is 1. The summed E-state index contributed by atoms with van der Waals surface area (Å²) in [4.78, 5) is 10.9. The van der Waals surface area contributed by atoms with Crippen LogP contribution in [0.3, 0.4) is 0 Å². The Morgan fingerprint density at radius 3 is 2.90 bits per heavy atom. The lowest BCUT2D eigenvalue weighted by Gasteiger charge is -2.07. The van der Waals surface area contributed by atoms with Crippen molar-refractivity contribution < 1.29 is 8.42 Å². The van der Waals surface area contributed by atoms with E-state index in [0.29, 0.717) is 21.2 Å². The van der Waals surface area contributed by atoms with Gasteiger partial charge in [0.05, 0.1) is 16.4 Å². The van der Waals surface area contributed by atoms with Gasteiger partial charge in [-0.25, -0.2) is 18.4 Å². The minimum Gasteiger partial charge on any atom is -0.345 e. The third-order valence-corrected chi connectivity index (χ3v) is 5.31. The van der Waals surface area contributed by atoms with Gasteiger partial charge < -0.3 is 4.98 Å². The summed E-state index contributed by atoms with van der Waals surface area (Å²) in [6.45, 7) is 0. The standard InChI is InChI=1S/C12H8BrClN4O2S/c13-9-4-7(5-16-11(9)14)18-21(19,20)10-6-17-12-8(10)2-1-3-15-12/h1-6,18H,(H,15,17). The molecular formula is C12H8BrClN4O2S. The second-order valence-corrected chi connectivity index (χ2v) is 7.02.